The number of thiazole rings is 1. The summed E-state index contributed by atoms with van der Waals surface area (Å²) in [5.41, 5.74) is 1.83. The van der Waals surface area contributed by atoms with E-state index in [9.17, 15) is 0 Å². The van der Waals surface area contributed by atoms with E-state index in [1.807, 2.05) is 13.8 Å². The van der Waals surface area contributed by atoms with Gasteiger partial charge in [-0.1, -0.05) is 11.6 Å². The second kappa shape index (κ2) is 6.16. The number of nitrogens with zero attached hydrogens (tertiary/aromatic N) is 3. The van der Waals surface area contributed by atoms with Crippen molar-refractivity contribution in [1.82, 2.24) is 15.0 Å². The quantitative estimate of drug-likeness (QED) is 0.831. The molecule has 0 fully saturated rings. The minimum Gasteiger partial charge on any atom is -0.383 e. The Hall–Kier alpha value is -1.40. The summed E-state index contributed by atoms with van der Waals surface area (Å²) in [4.78, 5) is 13.8. The van der Waals surface area contributed by atoms with Crippen molar-refractivity contribution in [2.75, 3.05) is 24.2 Å². The van der Waals surface area contributed by atoms with Crippen LogP contribution < -0.4 is 10.6 Å². The molecule has 5 nitrogen and oxygen atoms in total. The van der Waals surface area contributed by atoms with Crippen LogP contribution in [-0.4, -0.2) is 28.5 Å². The van der Waals surface area contributed by atoms with Crippen LogP contribution >= 0.6 is 22.9 Å². The van der Waals surface area contributed by atoms with Gasteiger partial charge in [0.2, 0.25) is 0 Å². The molecule has 0 aromatic carbocycles. The standard InChI is InChI=1S/C12H16ClN5S/c1-7-9(19-8(2)18-7)4-5-15-12-10(14-3)11(13)16-6-17-12/h6,14H,4-5H2,1-3H3,(H,15,16,17). The molecular formula is C12H16ClN5S. The molecule has 0 saturated carbocycles. The van der Waals surface area contributed by atoms with E-state index in [0.29, 0.717) is 5.15 Å². The van der Waals surface area contributed by atoms with Crippen molar-refractivity contribution in [1.29, 1.82) is 0 Å². The largest absolute Gasteiger partial charge is 0.383 e. The molecule has 2 rings (SSSR count). The SMILES string of the molecule is CNc1c(Cl)ncnc1NCCc1sc(C)nc1C. The van der Waals surface area contributed by atoms with Gasteiger partial charge in [-0.05, 0) is 13.8 Å². The predicted octanol–water partition coefficient (Wildman–Crippen LogP) is 2.90. The average Bonchev–Trinajstić information content (AvgIpc) is 2.68. The molecule has 0 unspecified atom stereocenters. The maximum atomic E-state index is 5.99. The maximum absolute atomic E-state index is 5.99. The van der Waals surface area contributed by atoms with Gasteiger partial charge in [-0.25, -0.2) is 15.0 Å². The van der Waals surface area contributed by atoms with E-state index in [1.54, 1.807) is 18.4 Å². The van der Waals surface area contributed by atoms with Crippen LogP contribution in [0.3, 0.4) is 0 Å². The fourth-order valence-electron chi connectivity index (χ4n) is 1.82. The Labute approximate surface area is 121 Å². The summed E-state index contributed by atoms with van der Waals surface area (Å²) in [6, 6.07) is 0. The van der Waals surface area contributed by atoms with Gasteiger partial charge in [-0.2, -0.15) is 0 Å². The zero-order valence-corrected chi connectivity index (χ0v) is 12.7. The molecule has 0 bridgehead atoms. The van der Waals surface area contributed by atoms with Crippen LogP contribution in [0.25, 0.3) is 0 Å². The lowest BCUT2D eigenvalue weighted by Crippen LogP contribution is -2.09. The van der Waals surface area contributed by atoms with Crippen molar-refractivity contribution < 1.29 is 0 Å². The van der Waals surface area contributed by atoms with Crippen LogP contribution in [0.2, 0.25) is 5.15 Å². The van der Waals surface area contributed by atoms with E-state index in [-0.39, 0.29) is 0 Å². The van der Waals surface area contributed by atoms with E-state index in [4.69, 9.17) is 11.6 Å². The summed E-state index contributed by atoms with van der Waals surface area (Å²) in [7, 11) is 1.80. The molecule has 0 aliphatic carbocycles. The van der Waals surface area contributed by atoms with Gasteiger partial charge in [0.15, 0.2) is 11.0 Å². The number of halogens is 1. The summed E-state index contributed by atoms with van der Waals surface area (Å²) in [5, 5.41) is 7.80. The van der Waals surface area contributed by atoms with E-state index in [1.165, 1.54) is 11.2 Å². The summed E-state index contributed by atoms with van der Waals surface area (Å²) in [5.74, 6) is 0.724. The smallest absolute Gasteiger partial charge is 0.157 e. The second-order valence-corrected chi connectivity index (χ2v) is 5.70. The van der Waals surface area contributed by atoms with Gasteiger partial charge in [-0.3, -0.25) is 0 Å². The summed E-state index contributed by atoms with van der Waals surface area (Å²) < 4.78 is 0. The van der Waals surface area contributed by atoms with Gasteiger partial charge >= 0.3 is 0 Å². The first kappa shape index (κ1) is 14.0. The Kier molecular flexibility index (Phi) is 4.55. The summed E-state index contributed by atoms with van der Waals surface area (Å²) >= 11 is 7.73. The van der Waals surface area contributed by atoms with Gasteiger partial charge in [0.25, 0.3) is 0 Å². The van der Waals surface area contributed by atoms with E-state index in [2.05, 4.69) is 25.6 Å². The molecule has 2 aromatic heterocycles. The molecule has 102 valence electrons. The zero-order chi connectivity index (χ0) is 13.8. The van der Waals surface area contributed by atoms with Crippen molar-refractivity contribution in [2.45, 2.75) is 20.3 Å². The lowest BCUT2D eigenvalue weighted by molar-refractivity contribution is 0.997. The molecule has 7 heteroatoms. The summed E-state index contributed by atoms with van der Waals surface area (Å²) in [6.45, 7) is 4.85. The topological polar surface area (TPSA) is 62.7 Å². The van der Waals surface area contributed by atoms with Crippen molar-refractivity contribution in [3.8, 4) is 0 Å². The predicted molar refractivity (Wildman–Crippen MR) is 80.4 cm³/mol. The van der Waals surface area contributed by atoms with Crippen LogP contribution in [0.1, 0.15) is 15.6 Å². The molecule has 0 aliphatic rings. The second-order valence-electron chi connectivity index (χ2n) is 4.06. The third kappa shape index (κ3) is 3.33. The molecule has 0 aliphatic heterocycles. The highest BCUT2D eigenvalue weighted by Gasteiger charge is 2.09. The van der Waals surface area contributed by atoms with Crippen LogP contribution in [0.4, 0.5) is 11.5 Å². The molecule has 19 heavy (non-hydrogen) atoms. The number of aromatic nitrogens is 3. The third-order valence-electron chi connectivity index (χ3n) is 2.70. The number of hydrogen-bond donors (Lipinski definition) is 2. The molecule has 0 spiro atoms. The lowest BCUT2D eigenvalue weighted by atomic mass is 10.3. The average molecular weight is 298 g/mol. The van der Waals surface area contributed by atoms with Crippen molar-refractivity contribution in [3.63, 3.8) is 0 Å². The first-order valence-electron chi connectivity index (χ1n) is 5.97. The first-order valence-corrected chi connectivity index (χ1v) is 7.16. The molecule has 0 radical (unpaired) electrons. The molecule has 2 aromatic rings. The maximum Gasteiger partial charge on any atom is 0.157 e. The Morgan fingerprint density at radius 3 is 2.74 bits per heavy atom. The van der Waals surface area contributed by atoms with Gasteiger partial charge in [0, 0.05) is 24.9 Å². The van der Waals surface area contributed by atoms with E-state index < -0.39 is 0 Å². The third-order valence-corrected chi connectivity index (χ3v) is 4.11. The summed E-state index contributed by atoms with van der Waals surface area (Å²) in [6.07, 6.45) is 2.37. The van der Waals surface area contributed by atoms with Crippen LogP contribution in [0, 0.1) is 13.8 Å². The van der Waals surface area contributed by atoms with Gasteiger partial charge in [0.1, 0.15) is 12.0 Å². The van der Waals surface area contributed by atoms with Gasteiger partial charge < -0.3 is 10.6 Å². The van der Waals surface area contributed by atoms with Crippen LogP contribution in [0.5, 0.6) is 0 Å². The number of aryl methyl sites for hydroxylation is 2. The number of nitrogens with one attached hydrogen (secondary N) is 2. The highest BCUT2D eigenvalue weighted by molar-refractivity contribution is 7.11. The zero-order valence-electron chi connectivity index (χ0n) is 11.1. The van der Waals surface area contributed by atoms with Crippen molar-refractivity contribution in [3.05, 3.63) is 27.1 Å². The Balaban J connectivity index is 2.00. The molecule has 2 heterocycles. The minimum atomic E-state index is 0.421. The Bertz CT molecular complexity index is 569. The van der Waals surface area contributed by atoms with E-state index >= 15 is 0 Å². The highest BCUT2D eigenvalue weighted by atomic mass is 35.5. The number of rotatable bonds is 5. The molecule has 2 N–H and O–H groups in total. The molecule has 0 saturated heterocycles. The fraction of sp³-hybridized carbons (Fsp3) is 0.417. The van der Waals surface area contributed by atoms with Gasteiger partial charge in [-0.15, -0.1) is 11.3 Å². The van der Waals surface area contributed by atoms with Crippen LogP contribution in [0.15, 0.2) is 6.33 Å². The first-order chi connectivity index (χ1) is 9.11. The monoisotopic (exact) mass is 297 g/mol. The number of hydrogen-bond acceptors (Lipinski definition) is 6. The Morgan fingerprint density at radius 2 is 2.11 bits per heavy atom. The Morgan fingerprint density at radius 1 is 1.32 bits per heavy atom. The number of anilines is 2. The van der Waals surface area contributed by atoms with E-state index in [0.717, 1.165) is 35.2 Å². The van der Waals surface area contributed by atoms with Crippen molar-refractivity contribution in [2.24, 2.45) is 0 Å². The normalized spacial score (nSPS) is 10.5. The van der Waals surface area contributed by atoms with Crippen molar-refractivity contribution >= 4 is 34.4 Å². The highest BCUT2D eigenvalue weighted by Crippen LogP contribution is 2.25. The van der Waals surface area contributed by atoms with Gasteiger partial charge in [0.05, 0.1) is 10.7 Å². The fourth-order valence-corrected chi connectivity index (χ4v) is 2.98. The minimum absolute atomic E-state index is 0.421. The molecule has 0 atom stereocenters. The molecule has 0 amide bonds. The van der Waals surface area contributed by atoms with Crippen LogP contribution in [-0.2, 0) is 6.42 Å². The lowest BCUT2D eigenvalue weighted by Gasteiger charge is -2.10. The molecular weight excluding hydrogens is 282 g/mol.